The van der Waals surface area contributed by atoms with Crippen LogP contribution in [0.15, 0.2) is 41.8 Å². The zero-order chi connectivity index (χ0) is 9.68. The van der Waals surface area contributed by atoms with Gasteiger partial charge in [0.25, 0.3) is 0 Å². The highest BCUT2D eigenvalue weighted by molar-refractivity contribution is 7.79. The Labute approximate surface area is 80.6 Å². The Bertz CT molecular complexity index is 320. The first-order chi connectivity index (χ1) is 6.24. The van der Waals surface area contributed by atoms with Crippen molar-refractivity contribution in [2.45, 2.75) is 17.7 Å². The molecule has 0 bridgehead atoms. The van der Waals surface area contributed by atoms with Gasteiger partial charge in [-0.3, -0.25) is 0 Å². The molecular formula is C10H12O2S. The lowest BCUT2D eigenvalue weighted by atomic mass is 10.1. The van der Waals surface area contributed by atoms with E-state index in [2.05, 4.69) is 6.58 Å². The first-order valence-electron chi connectivity index (χ1n) is 4.04. The third kappa shape index (κ3) is 3.13. The highest BCUT2D eigenvalue weighted by Gasteiger charge is 1.99. The van der Waals surface area contributed by atoms with Crippen LogP contribution in [0.1, 0.15) is 12.0 Å². The largest absolute Gasteiger partial charge is 0.302 e. The SMILES string of the molecule is C=CCCc1cccc(S(=O)O)c1. The maximum atomic E-state index is 10.7. The Morgan fingerprint density at radius 3 is 2.92 bits per heavy atom. The van der Waals surface area contributed by atoms with Crippen LogP contribution in [0.25, 0.3) is 0 Å². The molecule has 1 rings (SSSR count). The summed E-state index contributed by atoms with van der Waals surface area (Å²) in [5, 5.41) is 0. The Morgan fingerprint density at radius 2 is 2.31 bits per heavy atom. The zero-order valence-electron chi connectivity index (χ0n) is 7.27. The molecule has 0 aliphatic rings. The average Bonchev–Trinajstić information content (AvgIpc) is 2.15. The molecule has 1 atom stereocenters. The second-order valence-electron chi connectivity index (χ2n) is 2.72. The molecule has 70 valence electrons. The van der Waals surface area contributed by atoms with E-state index in [1.54, 1.807) is 18.2 Å². The van der Waals surface area contributed by atoms with E-state index in [1.807, 2.05) is 12.1 Å². The van der Waals surface area contributed by atoms with E-state index in [9.17, 15) is 4.21 Å². The fourth-order valence-corrected chi connectivity index (χ4v) is 1.53. The topological polar surface area (TPSA) is 37.3 Å². The Kier molecular flexibility index (Phi) is 3.86. The molecule has 13 heavy (non-hydrogen) atoms. The van der Waals surface area contributed by atoms with E-state index in [-0.39, 0.29) is 0 Å². The van der Waals surface area contributed by atoms with Gasteiger partial charge < -0.3 is 4.55 Å². The van der Waals surface area contributed by atoms with Crippen LogP contribution in [0.3, 0.4) is 0 Å². The monoisotopic (exact) mass is 196 g/mol. The van der Waals surface area contributed by atoms with E-state index < -0.39 is 11.1 Å². The van der Waals surface area contributed by atoms with Crippen molar-refractivity contribution < 1.29 is 8.76 Å². The maximum Gasteiger partial charge on any atom is 0.186 e. The smallest absolute Gasteiger partial charge is 0.186 e. The van der Waals surface area contributed by atoms with Gasteiger partial charge in [-0.05, 0) is 30.5 Å². The average molecular weight is 196 g/mol. The molecule has 0 heterocycles. The van der Waals surface area contributed by atoms with E-state index in [0.717, 1.165) is 18.4 Å². The molecule has 0 aromatic heterocycles. The second-order valence-corrected chi connectivity index (χ2v) is 3.69. The minimum Gasteiger partial charge on any atom is -0.302 e. The molecule has 0 saturated carbocycles. The standard InChI is InChI=1S/C10H12O2S/c1-2-3-5-9-6-4-7-10(8-9)13(11)12/h2,4,6-8H,1,3,5H2,(H,11,12). The normalized spacial score (nSPS) is 12.4. The van der Waals surface area contributed by atoms with E-state index in [4.69, 9.17) is 4.55 Å². The van der Waals surface area contributed by atoms with Crippen molar-refractivity contribution >= 4 is 11.1 Å². The summed E-state index contributed by atoms with van der Waals surface area (Å²) in [6.45, 7) is 3.62. The van der Waals surface area contributed by atoms with Crippen LogP contribution >= 0.6 is 0 Å². The number of benzene rings is 1. The van der Waals surface area contributed by atoms with Crippen LogP contribution in [0.5, 0.6) is 0 Å². The molecule has 1 unspecified atom stereocenters. The zero-order valence-corrected chi connectivity index (χ0v) is 8.09. The van der Waals surface area contributed by atoms with Crippen LogP contribution in [0.2, 0.25) is 0 Å². The lowest BCUT2D eigenvalue weighted by Gasteiger charge is -2.00. The summed E-state index contributed by atoms with van der Waals surface area (Å²) in [5.41, 5.74) is 1.07. The van der Waals surface area contributed by atoms with E-state index >= 15 is 0 Å². The molecule has 0 fully saturated rings. The summed E-state index contributed by atoms with van der Waals surface area (Å²) >= 11 is -1.87. The highest BCUT2D eigenvalue weighted by Crippen LogP contribution is 2.10. The van der Waals surface area contributed by atoms with Crippen molar-refractivity contribution in [1.29, 1.82) is 0 Å². The van der Waals surface area contributed by atoms with Crippen molar-refractivity contribution in [3.8, 4) is 0 Å². The Hall–Kier alpha value is -0.930. The van der Waals surface area contributed by atoms with Crippen molar-refractivity contribution in [3.63, 3.8) is 0 Å². The van der Waals surface area contributed by atoms with Crippen LogP contribution in [-0.2, 0) is 17.5 Å². The molecule has 0 amide bonds. The van der Waals surface area contributed by atoms with E-state index in [1.165, 1.54) is 0 Å². The molecule has 0 radical (unpaired) electrons. The number of hydrogen-bond acceptors (Lipinski definition) is 1. The third-order valence-corrected chi connectivity index (χ3v) is 2.39. The summed E-state index contributed by atoms with van der Waals surface area (Å²) < 4.78 is 19.5. The van der Waals surface area contributed by atoms with Gasteiger partial charge in [0, 0.05) is 0 Å². The second kappa shape index (κ2) is 4.94. The molecule has 1 aromatic rings. The van der Waals surface area contributed by atoms with Gasteiger partial charge in [-0.1, -0.05) is 18.2 Å². The van der Waals surface area contributed by atoms with Crippen molar-refractivity contribution in [3.05, 3.63) is 42.5 Å². The van der Waals surface area contributed by atoms with Gasteiger partial charge in [0.1, 0.15) is 0 Å². The first kappa shape index (κ1) is 10.2. The number of aryl methyl sites for hydroxylation is 1. The van der Waals surface area contributed by atoms with Crippen LogP contribution in [0.4, 0.5) is 0 Å². The number of hydrogen-bond donors (Lipinski definition) is 1. The quantitative estimate of drug-likeness (QED) is 0.593. The van der Waals surface area contributed by atoms with E-state index in [0.29, 0.717) is 4.90 Å². The predicted molar refractivity (Wildman–Crippen MR) is 54.0 cm³/mol. The lowest BCUT2D eigenvalue weighted by Crippen LogP contribution is -1.90. The highest BCUT2D eigenvalue weighted by atomic mass is 32.2. The van der Waals surface area contributed by atoms with Crippen LogP contribution < -0.4 is 0 Å². The fraction of sp³-hybridized carbons (Fsp3) is 0.200. The minimum absolute atomic E-state index is 0.460. The van der Waals surface area contributed by atoms with Gasteiger partial charge in [-0.15, -0.1) is 6.58 Å². The molecular weight excluding hydrogens is 184 g/mol. The van der Waals surface area contributed by atoms with Gasteiger partial charge in [0.15, 0.2) is 11.1 Å². The van der Waals surface area contributed by atoms with Gasteiger partial charge in [0.2, 0.25) is 0 Å². The molecule has 1 aromatic carbocycles. The van der Waals surface area contributed by atoms with Crippen molar-refractivity contribution in [2.24, 2.45) is 0 Å². The van der Waals surface area contributed by atoms with Gasteiger partial charge in [0.05, 0.1) is 4.90 Å². The first-order valence-corrected chi connectivity index (χ1v) is 5.15. The Balaban J connectivity index is 2.79. The van der Waals surface area contributed by atoms with Gasteiger partial charge in [-0.25, -0.2) is 4.21 Å². The van der Waals surface area contributed by atoms with Crippen LogP contribution in [0, 0.1) is 0 Å². The summed E-state index contributed by atoms with van der Waals surface area (Å²) in [6.07, 6.45) is 3.60. The molecule has 0 saturated heterocycles. The lowest BCUT2D eigenvalue weighted by molar-refractivity contribution is 0.564. The molecule has 0 aliphatic carbocycles. The van der Waals surface area contributed by atoms with Crippen LogP contribution in [-0.4, -0.2) is 8.76 Å². The summed E-state index contributed by atoms with van der Waals surface area (Å²) in [7, 11) is 0. The number of rotatable bonds is 4. The summed E-state index contributed by atoms with van der Waals surface area (Å²) in [6, 6.07) is 7.13. The molecule has 0 aliphatic heterocycles. The Morgan fingerprint density at radius 1 is 1.54 bits per heavy atom. The molecule has 1 N–H and O–H groups in total. The van der Waals surface area contributed by atoms with Crippen molar-refractivity contribution in [1.82, 2.24) is 0 Å². The van der Waals surface area contributed by atoms with Gasteiger partial charge >= 0.3 is 0 Å². The maximum absolute atomic E-state index is 10.7. The number of allylic oxidation sites excluding steroid dienone is 1. The summed E-state index contributed by atoms with van der Waals surface area (Å²) in [5.74, 6) is 0. The molecule has 3 heteroatoms. The fourth-order valence-electron chi connectivity index (χ4n) is 1.08. The summed E-state index contributed by atoms with van der Waals surface area (Å²) in [4.78, 5) is 0.460. The predicted octanol–water partition coefficient (Wildman–Crippen LogP) is 2.39. The molecule has 2 nitrogen and oxygen atoms in total. The third-order valence-electron chi connectivity index (χ3n) is 1.74. The van der Waals surface area contributed by atoms with Crippen molar-refractivity contribution in [2.75, 3.05) is 0 Å². The minimum atomic E-state index is -1.87. The molecule has 0 spiro atoms. The van der Waals surface area contributed by atoms with Gasteiger partial charge in [-0.2, -0.15) is 0 Å².